The van der Waals surface area contributed by atoms with Gasteiger partial charge >= 0.3 is 11.9 Å². The van der Waals surface area contributed by atoms with Crippen LogP contribution in [0.1, 0.15) is 16.7 Å². The number of aromatic nitrogens is 2. The highest BCUT2D eigenvalue weighted by Gasteiger charge is 2.30. The lowest BCUT2D eigenvalue weighted by atomic mass is 9.98. The number of benzene rings is 3. The third kappa shape index (κ3) is 5.06. The van der Waals surface area contributed by atoms with Gasteiger partial charge in [0.2, 0.25) is 5.88 Å². The molecule has 0 atom stereocenters. The molecule has 0 fully saturated rings. The second kappa shape index (κ2) is 9.29. The molecule has 2 heterocycles. The molecular weight excluding hydrogens is 457 g/mol. The smallest absolute Gasteiger partial charge is 0.416 e. The van der Waals surface area contributed by atoms with E-state index in [1.165, 1.54) is 17.7 Å². The van der Waals surface area contributed by atoms with Crippen LogP contribution in [-0.4, -0.2) is 16.2 Å². The fourth-order valence-corrected chi connectivity index (χ4v) is 4.09. The standard InChI is InChI=1S/C27H21F3N2O3/c28-27(29,30)20-5-3-6-22(16-20)35-21-10-8-18(9-11-21)13-15-34-25-17-24-23-7-2-1-4-19(23)12-14-32(24)26(33)31-25/h1-11,16-17H,12-15H2. The lowest BCUT2D eigenvalue weighted by Crippen LogP contribution is -2.28. The highest BCUT2D eigenvalue weighted by Crippen LogP contribution is 2.33. The lowest BCUT2D eigenvalue weighted by Gasteiger charge is -2.21. The van der Waals surface area contributed by atoms with E-state index in [1.807, 2.05) is 30.3 Å². The van der Waals surface area contributed by atoms with Gasteiger partial charge in [-0.2, -0.15) is 18.2 Å². The molecule has 0 aliphatic carbocycles. The van der Waals surface area contributed by atoms with Crippen LogP contribution in [0.2, 0.25) is 0 Å². The van der Waals surface area contributed by atoms with Crippen LogP contribution in [0.3, 0.4) is 0 Å². The predicted molar refractivity (Wildman–Crippen MR) is 125 cm³/mol. The molecule has 1 aliphatic heterocycles. The number of hydrogen-bond acceptors (Lipinski definition) is 4. The molecule has 3 aromatic carbocycles. The van der Waals surface area contributed by atoms with E-state index in [-0.39, 0.29) is 17.3 Å². The van der Waals surface area contributed by atoms with E-state index in [4.69, 9.17) is 9.47 Å². The minimum absolute atomic E-state index is 0.113. The monoisotopic (exact) mass is 478 g/mol. The van der Waals surface area contributed by atoms with Gasteiger partial charge in [-0.05, 0) is 47.9 Å². The fourth-order valence-electron chi connectivity index (χ4n) is 4.09. The van der Waals surface area contributed by atoms with Crippen LogP contribution in [0, 0.1) is 0 Å². The van der Waals surface area contributed by atoms with Crippen molar-refractivity contribution in [3.8, 4) is 28.6 Å². The van der Waals surface area contributed by atoms with Gasteiger partial charge in [0.15, 0.2) is 0 Å². The largest absolute Gasteiger partial charge is 0.477 e. The first-order valence-corrected chi connectivity index (χ1v) is 11.1. The molecule has 8 heteroatoms. The van der Waals surface area contributed by atoms with Crippen molar-refractivity contribution in [3.63, 3.8) is 0 Å². The van der Waals surface area contributed by atoms with Gasteiger partial charge in [-0.25, -0.2) is 4.79 Å². The molecule has 0 unspecified atom stereocenters. The van der Waals surface area contributed by atoms with Crippen LogP contribution in [0.5, 0.6) is 17.4 Å². The van der Waals surface area contributed by atoms with Crippen molar-refractivity contribution in [2.24, 2.45) is 0 Å². The summed E-state index contributed by atoms with van der Waals surface area (Å²) in [5, 5.41) is 0. The van der Waals surface area contributed by atoms with Gasteiger partial charge < -0.3 is 9.47 Å². The molecule has 178 valence electrons. The molecule has 0 amide bonds. The Kier molecular flexibility index (Phi) is 6.03. The number of nitrogens with zero attached hydrogens (tertiary/aromatic N) is 2. The van der Waals surface area contributed by atoms with Crippen LogP contribution in [-0.2, 0) is 25.6 Å². The molecule has 0 spiro atoms. The number of halogens is 3. The predicted octanol–water partition coefficient (Wildman–Crippen LogP) is 5.90. The summed E-state index contributed by atoms with van der Waals surface area (Å²) in [6.45, 7) is 0.902. The molecule has 1 aliphatic rings. The van der Waals surface area contributed by atoms with Gasteiger partial charge in [-0.15, -0.1) is 0 Å². The summed E-state index contributed by atoms with van der Waals surface area (Å²) in [6, 6.07) is 21.5. The van der Waals surface area contributed by atoms with E-state index in [0.717, 1.165) is 35.4 Å². The van der Waals surface area contributed by atoms with Crippen LogP contribution in [0.25, 0.3) is 11.3 Å². The van der Waals surface area contributed by atoms with Gasteiger partial charge in [0, 0.05) is 24.6 Å². The summed E-state index contributed by atoms with van der Waals surface area (Å²) in [5.41, 5.74) is 2.86. The first-order valence-electron chi connectivity index (χ1n) is 11.1. The molecule has 35 heavy (non-hydrogen) atoms. The first kappa shape index (κ1) is 22.7. The average Bonchev–Trinajstić information content (AvgIpc) is 2.85. The topological polar surface area (TPSA) is 53.4 Å². The molecule has 4 aromatic rings. The Morgan fingerprint density at radius 2 is 1.71 bits per heavy atom. The summed E-state index contributed by atoms with van der Waals surface area (Å²) in [7, 11) is 0. The highest BCUT2D eigenvalue weighted by molar-refractivity contribution is 5.66. The van der Waals surface area contributed by atoms with E-state index in [1.54, 1.807) is 22.8 Å². The molecular formula is C27H21F3N2O3. The fraction of sp³-hybridized carbons (Fsp3) is 0.185. The maximum Gasteiger partial charge on any atom is 0.416 e. The Morgan fingerprint density at radius 3 is 2.51 bits per heavy atom. The summed E-state index contributed by atoms with van der Waals surface area (Å²) in [4.78, 5) is 16.5. The second-order valence-corrected chi connectivity index (χ2v) is 8.19. The van der Waals surface area contributed by atoms with Crippen molar-refractivity contribution in [3.05, 3.63) is 106 Å². The number of alkyl halides is 3. The van der Waals surface area contributed by atoms with Crippen LogP contribution in [0.15, 0.2) is 83.7 Å². The lowest BCUT2D eigenvalue weighted by molar-refractivity contribution is -0.137. The molecule has 0 N–H and O–H groups in total. The van der Waals surface area contributed by atoms with Crippen LogP contribution < -0.4 is 15.2 Å². The molecule has 0 saturated carbocycles. The maximum absolute atomic E-state index is 12.9. The Labute approximate surface area is 199 Å². The van der Waals surface area contributed by atoms with Gasteiger partial charge in [0.05, 0.1) is 17.9 Å². The zero-order valence-electron chi connectivity index (χ0n) is 18.6. The molecule has 1 aromatic heterocycles. The van der Waals surface area contributed by atoms with Gasteiger partial charge in [0.1, 0.15) is 11.5 Å². The number of fused-ring (bicyclic) bond motifs is 3. The Bertz CT molecular complexity index is 1410. The van der Waals surface area contributed by atoms with Crippen molar-refractivity contribution >= 4 is 0 Å². The quantitative estimate of drug-likeness (QED) is 0.346. The second-order valence-electron chi connectivity index (χ2n) is 8.19. The summed E-state index contributed by atoms with van der Waals surface area (Å²) in [6.07, 6.45) is -3.08. The van der Waals surface area contributed by atoms with Crippen LogP contribution in [0.4, 0.5) is 13.2 Å². The van der Waals surface area contributed by atoms with E-state index in [2.05, 4.69) is 11.1 Å². The summed E-state index contributed by atoms with van der Waals surface area (Å²) in [5.74, 6) is 0.821. The van der Waals surface area contributed by atoms with Crippen molar-refractivity contribution in [2.45, 2.75) is 25.6 Å². The molecule has 5 nitrogen and oxygen atoms in total. The van der Waals surface area contributed by atoms with Crippen molar-refractivity contribution in [2.75, 3.05) is 6.61 Å². The molecule has 0 bridgehead atoms. The average molecular weight is 478 g/mol. The molecule has 0 radical (unpaired) electrons. The highest BCUT2D eigenvalue weighted by atomic mass is 19.4. The van der Waals surface area contributed by atoms with Crippen LogP contribution >= 0.6 is 0 Å². The minimum Gasteiger partial charge on any atom is -0.477 e. The van der Waals surface area contributed by atoms with Gasteiger partial charge in [-0.1, -0.05) is 42.5 Å². The van der Waals surface area contributed by atoms with Crippen molar-refractivity contribution in [1.82, 2.24) is 9.55 Å². The molecule has 5 rings (SSSR count). The van der Waals surface area contributed by atoms with Crippen molar-refractivity contribution in [1.29, 1.82) is 0 Å². The van der Waals surface area contributed by atoms with E-state index in [9.17, 15) is 18.0 Å². The summed E-state index contributed by atoms with van der Waals surface area (Å²) < 4.78 is 51.6. The van der Waals surface area contributed by atoms with Gasteiger partial charge in [0.25, 0.3) is 0 Å². The SMILES string of the molecule is O=c1nc(OCCc2ccc(Oc3cccc(C(F)(F)F)c3)cc2)cc2n1CCc1ccccc1-2. The molecule has 0 saturated heterocycles. The Hall–Kier alpha value is -4.07. The van der Waals surface area contributed by atoms with Gasteiger partial charge in [-0.3, -0.25) is 4.57 Å². The normalized spacial score (nSPS) is 12.5. The van der Waals surface area contributed by atoms with E-state index < -0.39 is 11.7 Å². The number of hydrogen-bond donors (Lipinski definition) is 0. The number of ether oxygens (including phenoxy) is 2. The first-order chi connectivity index (χ1) is 16.9. The number of rotatable bonds is 6. The Morgan fingerprint density at radius 1 is 0.914 bits per heavy atom. The van der Waals surface area contributed by atoms with E-state index >= 15 is 0 Å². The van der Waals surface area contributed by atoms with Crippen molar-refractivity contribution < 1.29 is 22.6 Å². The zero-order chi connectivity index (χ0) is 24.4. The van der Waals surface area contributed by atoms with E-state index in [0.29, 0.717) is 25.3 Å². The minimum atomic E-state index is -4.43. The maximum atomic E-state index is 12.9. The third-order valence-corrected chi connectivity index (χ3v) is 5.85. The third-order valence-electron chi connectivity index (χ3n) is 5.85. The zero-order valence-corrected chi connectivity index (χ0v) is 18.6. The summed E-state index contributed by atoms with van der Waals surface area (Å²) >= 11 is 0. The Balaban J connectivity index is 1.22. The number of aryl methyl sites for hydroxylation is 1.